The molecule has 0 amide bonds. The molecule has 152 valence electrons. The molecule has 4 rings (SSSR count). The number of anilines is 2. The summed E-state index contributed by atoms with van der Waals surface area (Å²) in [5, 5.41) is 9.07. The zero-order valence-electron chi connectivity index (χ0n) is 17.2. The number of rotatable bonds is 5. The summed E-state index contributed by atoms with van der Waals surface area (Å²) in [5.74, 6) is 2.37. The Labute approximate surface area is 170 Å². The molecule has 29 heavy (non-hydrogen) atoms. The highest BCUT2D eigenvalue weighted by Gasteiger charge is 2.24. The smallest absolute Gasteiger partial charge is 0.267 e. The van der Waals surface area contributed by atoms with E-state index < -0.39 is 0 Å². The molecule has 1 N–H and O–H groups in total. The lowest BCUT2D eigenvalue weighted by Crippen LogP contribution is -2.45. The van der Waals surface area contributed by atoms with E-state index in [9.17, 15) is 4.79 Å². The maximum absolute atomic E-state index is 12.1. The average molecular weight is 393 g/mol. The van der Waals surface area contributed by atoms with E-state index >= 15 is 0 Å². The van der Waals surface area contributed by atoms with E-state index in [-0.39, 0.29) is 17.6 Å². The van der Waals surface area contributed by atoms with Crippen LogP contribution in [-0.2, 0) is 0 Å². The van der Waals surface area contributed by atoms with Gasteiger partial charge in [0.15, 0.2) is 5.65 Å². The van der Waals surface area contributed by atoms with E-state index in [1.807, 2.05) is 39.0 Å². The normalized spacial score (nSPS) is 17.1. The third-order valence-electron chi connectivity index (χ3n) is 5.31. The summed E-state index contributed by atoms with van der Waals surface area (Å²) in [6, 6.07) is 7.66. The van der Waals surface area contributed by atoms with Crippen molar-refractivity contribution >= 4 is 22.7 Å². The minimum absolute atomic E-state index is 0.0340. The summed E-state index contributed by atoms with van der Waals surface area (Å²) in [7, 11) is 0. The number of hydrogen-bond acceptors (Lipinski definition) is 7. The maximum atomic E-state index is 12.1. The maximum Gasteiger partial charge on any atom is 0.267 e. The van der Waals surface area contributed by atoms with Crippen molar-refractivity contribution in [2.45, 2.75) is 52.1 Å². The molecule has 0 aliphatic carbocycles. The summed E-state index contributed by atoms with van der Waals surface area (Å²) in [5.41, 5.74) is 0.638. The number of fused-ring (bicyclic) bond motifs is 1. The Kier molecular flexibility index (Phi) is 5.42. The molecule has 4 heterocycles. The second kappa shape index (κ2) is 8.14. The Morgan fingerprint density at radius 2 is 2.07 bits per heavy atom. The topological polar surface area (TPSA) is 88.8 Å². The predicted octanol–water partition coefficient (Wildman–Crippen LogP) is 2.94. The molecular formula is C21H27N7O. The zero-order chi connectivity index (χ0) is 20.4. The van der Waals surface area contributed by atoms with E-state index in [1.165, 1.54) is 6.42 Å². The van der Waals surface area contributed by atoms with Crippen molar-refractivity contribution in [3.05, 3.63) is 46.6 Å². The molecule has 1 aliphatic heterocycles. The molecule has 3 aromatic rings. The second-order valence-electron chi connectivity index (χ2n) is 7.79. The fourth-order valence-electron chi connectivity index (χ4n) is 3.87. The Morgan fingerprint density at radius 1 is 1.21 bits per heavy atom. The number of piperidine rings is 1. The fourth-order valence-corrected chi connectivity index (χ4v) is 3.87. The van der Waals surface area contributed by atoms with Gasteiger partial charge in [-0.05, 0) is 58.2 Å². The van der Waals surface area contributed by atoms with Crippen molar-refractivity contribution in [3.8, 4) is 0 Å². The van der Waals surface area contributed by atoms with Gasteiger partial charge in [0.1, 0.15) is 17.5 Å². The van der Waals surface area contributed by atoms with Gasteiger partial charge in [-0.2, -0.15) is 5.10 Å². The third-order valence-corrected chi connectivity index (χ3v) is 5.31. The van der Waals surface area contributed by atoms with E-state index in [0.29, 0.717) is 11.5 Å². The Balaban J connectivity index is 1.58. The number of nitrogens with one attached hydrogen (secondary N) is 1. The highest BCUT2D eigenvalue weighted by Crippen LogP contribution is 2.24. The van der Waals surface area contributed by atoms with Gasteiger partial charge in [-0.3, -0.25) is 4.79 Å². The van der Waals surface area contributed by atoms with E-state index in [4.69, 9.17) is 0 Å². The fraction of sp³-hybridized carbons (Fsp3) is 0.476. The second-order valence-corrected chi connectivity index (χ2v) is 7.79. The van der Waals surface area contributed by atoms with Crippen molar-refractivity contribution in [1.29, 1.82) is 0 Å². The van der Waals surface area contributed by atoms with E-state index in [0.717, 1.165) is 43.0 Å². The number of nitrogens with zero attached hydrogens (tertiary/aromatic N) is 6. The van der Waals surface area contributed by atoms with Crippen LogP contribution in [0.2, 0.25) is 0 Å². The number of hydrogen-bond donors (Lipinski definition) is 1. The van der Waals surface area contributed by atoms with E-state index in [1.54, 1.807) is 16.9 Å². The SMILES string of the molecule is Cc1nc(NCC2CCCCN2c2ccc(=O)n(C(C)C)n2)c2cccnc2n1. The van der Waals surface area contributed by atoms with Crippen LogP contribution in [0, 0.1) is 6.92 Å². The predicted molar refractivity (Wildman–Crippen MR) is 114 cm³/mol. The first-order valence-electron chi connectivity index (χ1n) is 10.2. The summed E-state index contributed by atoms with van der Waals surface area (Å²) in [6.07, 6.45) is 5.11. The van der Waals surface area contributed by atoms with Gasteiger partial charge in [-0.25, -0.2) is 19.6 Å². The van der Waals surface area contributed by atoms with Gasteiger partial charge in [0.25, 0.3) is 5.56 Å². The van der Waals surface area contributed by atoms with Crippen molar-refractivity contribution in [1.82, 2.24) is 24.7 Å². The first kappa shape index (κ1) is 19.3. The first-order valence-corrected chi connectivity index (χ1v) is 10.2. The molecule has 0 saturated carbocycles. The standard InChI is InChI=1S/C21H27N7O/c1-14(2)28-19(29)10-9-18(26-28)27-12-5-4-7-16(27)13-23-21-17-8-6-11-22-20(17)24-15(3)25-21/h6,8-11,14,16H,4-5,7,12-13H2,1-3H3,(H,22,23,24,25). The first-order chi connectivity index (χ1) is 14.0. The minimum atomic E-state index is -0.0640. The van der Waals surface area contributed by atoms with E-state index in [2.05, 4.69) is 30.3 Å². The van der Waals surface area contributed by atoms with Crippen LogP contribution in [0.5, 0.6) is 0 Å². The van der Waals surface area contributed by atoms with Gasteiger partial charge in [-0.15, -0.1) is 0 Å². The monoisotopic (exact) mass is 393 g/mol. The zero-order valence-corrected chi connectivity index (χ0v) is 17.2. The number of aryl methyl sites for hydroxylation is 1. The molecule has 8 heteroatoms. The molecule has 1 aliphatic rings. The molecule has 0 spiro atoms. The van der Waals surface area contributed by atoms with Crippen molar-refractivity contribution < 1.29 is 0 Å². The molecule has 8 nitrogen and oxygen atoms in total. The number of aromatic nitrogens is 5. The van der Waals surface area contributed by atoms with Gasteiger partial charge >= 0.3 is 0 Å². The molecule has 0 aromatic carbocycles. The van der Waals surface area contributed by atoms with Crippen LogP contribution in [0.4, 0.5) is 11.6 Å². The summed E-state index contributed by atoms with van der Waals surface area (Å²) >= 11 is 0. The Bertz CT molecular complexity index is 1060. The van der Waals surface area contributed by atoms with Gasteiger partial charge < -0.3 is 10.2 Å². The van der Waals surface area contributed by atoms with Gasteiger partial charge in [0, 0.05) is 31.4 Å². The van der Waals surface area contributed by atoms with Crippen LogP contribution in [0.15, 0.2) is 35.3 Å². The largest absolute Gasteiger partial charge is 0.367 e. The van der Waals surface area contributed by atoms with Crippen LogP contribution in [0.3, 0.4) is 0 Å². The minimum Gasteiger partial charge on any atom is -0.367 e. The van der Waals surface area contributed by atoms with Crippen LogP contribution in [-0.4, -0.2) is 43.9 Å². The lowest BCUT2D eigenvalue weighted by atomic mass is 10.0. The van der Waals surface area contributed by atoms with Crippen molar-refractivity contribution in [2.24, 2.45) is 0 Å². The Hall–Kier alpha value is -3.03. The summed E-state index contributed by atoms with van der Waals surface area (Å²) in [6.45, 7) is 7.50. The van der Waals surface area contributed by atoms with Crippen LogP contribution >= 0.6 is 0 Å². The lowest BCUT2D eigenvalue weighted by Gasteiger charge is -2.37. The third kappa shape index (κ3) is 4.06. The molecule has 1 unspecified atom stereocenters. The Morgan fingerprint density at radius 3 is 2.90 bits per heavy atom. The molecule has 0 radical (unpaired) electrons. The van der Waals surface area contributed by atoms with Crippen LogP contribution in [0.1, 0.15) is 45.0 Å². The highest BCUT2D eigenvalue weighted by atomic mass is 16.1. The molecule has 3 aromatic heterocycles. The number of pyridine rings is 1. The van der Waals surface area contributed by atoms with Gasteiger partial charge in [-0.1, -0.05) is 0 Å². The quantitative estimate of drug-likeness (QED) is 0.713. The molecule has 0 bridgehead atoms. The van der Waals surface area contributed by atoms with Crippen LogP contribution < -0.4 is 15.8 Å². The summed E-state index contributed by atoms with van der Waals surface area (Å²) in [4.78, 5) is 27.8. The molecule has 1 fully saturated rings. The molecule has 1 atom stereocenters. The van der Waals surface area contributed by atoms with Gasteiger partial charge in [0.05, 0.1) is 11.4 Å². The lowest BCUT2D eigenvalue weighted by molar-refractivity contribution is 0.451. The van der Waals surface area contributed by atoms with Crippen molar-refractivity contribution in [3.63, 3.8) is 0 Å². The summed E-state index contributed by atoms with van der Waals surface area (Å²) < 4.78 is 1.56. The molecule has 1 saturated heterocycles. The highest BCUT2D eigenvalue weighted by molar-refractivity contribution is 5.86. The van der Waals surface area contributed by atoms with Crippen molar-refractivity contribution in [2.75, 3.05) is 23.3 Å². The van der Waals surface area contributed by atoms with Gasteiger partial charge in [0.2, 0.25) is 0 Å². The van der Waals surface area contributed by atoms with Crippen LogP contribution in [0.25, 0.3) is 11.0 Å². The molecular weight excluding hydrogens is 366 g/mol. The average Bonchev–Trinajstić information content (AvgIpc) is 2.72.